The Hall–Kier alpha value is -2.96. The molecule has 29 heavy (non-hydrogen) atoms. The van der Waals surface area contributed by atoms with E-state index in [4.69, 9.17) is 5.11 Å². The summed E-state index contributed by atoms with van der Waals surface area (Å²) in [7, 11) is 0. The van der Waals surface area contributed by atoms with E-state index in [1.54, 1.807) is 18.2 Å². The van der Waals surface area contributed by atoms with Gasteiger partial charge in [-0.2, -0.15) is 0 Å². The number of anilines is 2. The molecule has 1 atom stereocenters. The Morgan fingerprint density at radius 1 is 0.966 bits per heavy atom. The fraction of sp³-hybridized carbons (Fsp3) is 0.174. The molecule has 0 aliphatic carbocycles. The van der Waals surface area contributed by atoms with Crippen molar-refractivity contribution in [1.29, 1.82) is 0 Å². The fourth-order valence-corrected chi connectivity index (χ4v) is 3.91. The van der Waals surface area contributed by atoms with Crippen molar-refractivity contribution in [3.8, 4) is 0 Å². The minimum Gasteiger partial charge on any atom is -0.478 e. The Morgan fingerprint density at radius 3 is 2.38 bits per heavy atom. The van der Waals surface area contributed by atoms with Crippen molar-refractivity contribution < 1.29 is 18.7 Å². The first-order chi connectivity index (χ1) is 14.0. The second kappa shape index (κ2) is 9.49. The van der Waals surface area contributed by atoms with Gasteiger partial charge in [0.2, 0.25) is 0 Å². The summed E-state index contributed by atoms with van der Waals surface area (Å²) in [6, 6.07) is 22.0. The van der Waals surface area contributed by atoms with Gasteiger partial charge in [0.25, 0.3) is 11.3 Å². The summed E-state index contributed by atoms with van der Waals surface area (Å²) in [5.74, 6) is -0.934. The molecule has 0 aliphatic rings. The number of hydrogen-bond acceptors (Lipinski definition) is 2. The standard InChI is InChI=1S/C23H23NO4S/c1-17-12-14-21(15-13-17)24(29(27)28)22-11-3-2-8-19(22)9-4-6-18-7-5-10-20(16-18)23(25)26/h2-3,5,7-8,10-16H,4,6,9H2,1H3,(H,25,26)(H,27,28). The summed E-state index contributed by atoms with van der Waals surface area (Å²) in [5.41, 5.74) is 4.63. The average Bonchev–Trinajstić information content (AvgIpc) is 2.71. The van der Waals surface area contributed by atoms with Crippen molar-refractivity contribution in [3.05, 3.63) is 95.1 Å². The van der Waals surface area contributed by atoms with Crippen LogP contribution in [0.15, 0.2) is 72.8 Å². The summed E-state index contributed by atoms with van der Waals surface area (Å²) in [4.78, 5) is 11.1. The minimum atomic E-state index is -2.20. The molecule has 5 nitrogen and oxygen atoms in total. The van der Waals surface area contributed by atoms with Crippen LogP contribution in [-0.2, 0) is 24.1 Å². The van der Waals surface area contributed by atoms with Crippen LogP contribution in [0.25, 0.3) is 0 Å². The molecule has 150 valence electrons. The molecule has 0 aromatic heterocycles. The quantitative estimate of drug-likeness (QED) is 0.505. The van der Waals surface area contributed by atoms with E-state index in [2.05, 4.69) is 0 Å². The van der Waals surface area contributed by atoms with Crippen LogP contribution >= 0.6 is 0 Å². The molecule has 1 unspecified atom stereocenters. The molecule has 0 spiro atoms. The summed E-state index contributed by atoms with van der Waals surface area (Å²) < 4.78 is 23.5. The van der Waals surface area contributed by atoms with Gasteiger partial charge in [0.15, 0.2) is 0 Å². The van der Waals surface area contributed by atoms with Gasteiger partial charge in [-0.3, -0.25) is 4.55 Å². The molecular formula is C23H23NO4S. The molecule has 0 saturated carbocycles. The number of nitrogens with zero attached hydrogens (tertiary/aromatic N) is 1. The fourth-order valence-electron chi connectivity index (χ4n) is 3.26. The molecule has 2 N–H and O–H groups in total. The Kier molecular flexibility index (Phi) is 6.80. The third kappa shape index (κ3) is 5.31. The SMILES string of the molecule is Cc1ccc(N(c2ccccc2CCCc2cccc(C(=O)O)c2)S(=O)O)cc1. The van der Waals surface area contributed by atoms with Gasteiger partial charge in [0.1, 0.15) is 0 Å². The van der Waals surface area contributed by atoms with E-state index in [0.29, 0.717) is 17.8 Å². The van der Waals surface area contributed by atoms with Crippen molar-refractivity contribution in [2.24, 2.45) is 0 Å². The number of carboxylic acid groups (broad SMARTS) is 1. The number of benzene rings is 3. The van der Waals surface area contributed by atoms with Gasteiger partial charge < -0.3 is 5.11 Å². The van der Waals surface area contributed by atoms with Gasteiger partial charge in [-0.25, -0.2) is 13.3 Å². The highest BCUT2D eigenvalue weighted by Crippen LogP contribution is 2.31. The van der Waals surface area contributed by atoms with E-state index < -0.39 is 17.2 Å². The smallest absolute Gasteiger partial charge is 0.335 e. The van der Waals surface area contributed by atoms with E-state index >= 15 is 0 Å². The third-order valence-corrected chi connectivity index (χ3v) is 5.44. The zero-order valence-corrected chi connectivity index (χ0v) is 16.9. The second-order valence-corrected chi connectivity index (χ2v) is 7.68. The molecule has 0 radical (unpaired) electrons. The van der Waals surface area contributed by atoms with Crippen LogP contribution in [0.5, 0.6) is 0 Å². The number of carbonyl (C=O) groups is 1. The topological polar surface area (TPSA) is 77.8 Å². The van der Waals surface area contributed by atoms with Gasteiger partial charge in [-0.05, 0) is 67.6 Å². The number of rotatable bonds is 8. The lowest BCUT2D eigenvalue weighted by Gasteiger charge is -2.23. The molecule has 0 fully saturated rings. The molecule has 6 heteroatoms. The van der Waals surface area contributed by atoms with Crippen LogP contribution < -0.4 is 4.31 Å². The number of hydrogen-bond donors (Lipinski definition) is 2. The van der Waals surface area contributed by atoms with Crippen molar-refractivity contribution in [2.75, 3.05) is 4.31 Å². The Balaban J connectivity index is 1.79. The van der Waals surface area contributed by atoms with Crippen LogP contribution in [0.3, 0.4) is 0 Å². The maximum absolute atomic E-state index is 12.1. The molecule has 0 saturated heterocycles. The number of aromatic carboxylic acids is 1. The maximum atomic E-state index is 12.1. The number of aryl methyl sites for hydroxylation is 3. The van der Waals surface area contributed by atoms with Gasteiger partial charge in [0.05, 0.1) is 16.9 Å². The van der Waals surface area contributed by atoms with Gasteiger partial charge in [-0.15, -0.1) is 0 Å². The molecule has 3 aromatic rings. The molecule has 0 bridgehead atoms. The van der Waals surface area contributed by atoms with Crippen molar-refractivity contribution >= 4 is 28.6 Å². The lowest BCUT2D eigenvalue weighted by Crippen LogP contribution is -2.20. The van der Waals surface area contributed by atoms with Crippen molar-refractivity contribution in [1.82, 2.24) is 0 Å². The Morgan fingerprint density at radius 2 is 1.69 bits per heavy atom. The van der Waals surface area contributed by atoms with Gasteiger partial charge in [-0.1, -0.05) is 48.0 Å². The third-order valence-electron chi connectivity index (χ3n) is 4.72. The molecule has 0 heterocycles. The van der Waals surface area contributed by atoms with Crippen LogP contribution in [0.1, 0.15) is 33.5 Å². The summed E-state index contributed by atoms with van der Waals surface area (Å²) in [6.07, 6.45) is 2.22. The highest BCUT2D eigenvalue weighted by molar-refractivity contribution is 7.81. The second-order valence-electron chi connectivity index (χ2n) is 6.85. The van der Waals surface area contributed by atoms with Crippen molar-refractivity contribution in [3.63, 3.8) is 0 Å². The molecule has 0 amide bonds. The zero-order valence-electron chi connectivity index (χ0n) is 16.1. The average molecular weight is 410 g/mol. The van der Waals surface area contributed by atoms with E-state index in [0.717, 1.165) is 29.5 Å². The van der Waals surface area contributed by atoms with E-state index in [9.17, 15) is 13.6 Å². The molecular weight excluding hydrogens is 386 g/mol. The molecule has 0 aliphatic heterocycles. The Bertz CT molecular complexity index is 1020. The van der Waals surface area contributed by atoms with Crippen LogP contribution in [-0.4, -0.2) is 19.8 Å². The first-order valence-electron chi connectivity index (χ1n) is 9.33. The van der Waals surface area contributed by atoms with E-state index in [-0.39, 0.29) is 5.56 Å². The first-order valence-corrected chi connectivity index (χ1v) is 10.4. The van der Waals surface area contributed by atoms with E-state index in [1.165, 1.54) is 4.31 Å². The Labute approximate surface area is 173 Å². The highest BCUT2D eigenvalue weighted by atomic mass is 32.2. The van der Waals surface area contributed by atoms with Crippen molar-refractivity contribution in [2.45, 2.75) is 26.2 Å². The lowest BCUT2D eigenvalue weighted by molar-refractivity contribution is 0.0696. The maximum Gasteiger partial charge on any atom is 0.335 e. The zero-order chi connectivity index (χ0) is 20.8. The summed E-state index contributed by atoms with van der Waals surface area (Å²) in [6.45, 7) is 1.97. The number of para-hydroxylation sites is 1. The van der Waals surface area contributed by atoms with Gasteiger partial charge >= 0.3 is 5.97 Å². The van der Waals surface area contributed by atoms with Gasteiger partial charge in [0, 0.05) is 0 Å². The number of carboxylic acids is 1. The normalized spacial score (nSPS) is 11.8. The highest BCUT2D eigenvalue weighted by Gasteiger charge is 2.18. The first kappa shape index (κ1) is 20.8. The lowest BCUT2D eigenvalue weighted by atomic mass is 10.0. The summed E-state index contributed by atoms with van der Waals surface area (Å²) >= 11 is -2.20. The van der Waals surface area contributed by atoms with E-state index in [1.807, 2.05) is 61.5 Å². The van der Waals surface area contributed by atoms with Crippen LogP contribution in [0, 0.1) is 6.92 Å². The summed E-state index contributed by atoms with van der Waals surface area (Å²) in [5, 5.41) is 9.13. The minimum absolute atomic E-state index is 0.282. The molecule has 3 aromatic carbocycles. The van der Waals surface area contributed by atoms with Crippen LogP contribution in [0.2, 0.25) is 0 Å². The monoisotopic (exact) mass is 409 g/mol. The predicted octanol–water partition coefficient (Wildman–Crippen LogP) is 5.14. The predicted molar refractivity (Wildman–Crippen MR) is 116 cm³/mol. The molecule has 3 rings (SSSR count). The largest absolute Gasteiger partial charge is 0.478 e. The van der Waals surface area contributed by atoms with Crippen LogP contribution in [0.4, 0.5) is 11.4 Å².